The second kappa shape index (κ2) is 4.65. The zero-order valence-corrected chi connectivity index (χ0v) is 9.01. The van der Waals surface area contributed by atoms with Crippen molar-refractivity contribution in [3.05, 3.63) is 59.4 Å². The first-order chi connectivity index (χ1) is 8.16. The molecule has 0 aliphatic rings. The first kappa shape index (κ1) is 11.1. The molecule has 2 aromatic rings. The summed E-state index contributed by atoms with van der Waals surface area (Å²) >= 11 is 0. The number of aliphatic carboxylic acids is 1. The molecule has 4 heteroatoms. The third kappa shape index (κ3) is 2.60. The molecule has 4 nitrogen and oxygen atoms in total. The van der Waals surface area contributed by atoms with Crippen LogP contribution in [0.1, 0.15) is 21.6 Å². The largest absolute Gasteiger partial charge is 0.481 e. The molecule has 0 aliphatic heterocycles. The van der Waals surface area contributed by atoms with E-state index in [-0.39, 0.29) is 12.2 Å². The van der Waals surface area contributed by atoms with E-state index >= 15 is 0 Å². The smallest absolute Gasteiger partial charge is 0.307 e. The number of hydrogen-bond donors (Lipinski definition) is 2. The molecule has 0 bridgehead atoms. The Kier molecular flexibility index (Phi) is 3.05. The fourth-order valence-corrected chi connectivity index (χ4v) is 1.59. The number of aromatic amines is 1. The number of H-pyrrole nitrogens is 1. The highest BCUT2D eigenvalue weighted by Gasteiger charge is 2.11. The molecule has 0 saturated heterocycles. The van der Waals surface area contributed by atoms with Crippen LogP contribution in [0.15, 0.2) is 42.6 Å². The molecule has 0 atom stereocenters. The summed E-state index contributed by atoms with van der Waals surface area (Å²) < 4.78 is 0. The summed E-state index contributed by atoms with van der Waals surface area (Å²) in [5.41, 5.74) is 1.58. The van der Waals surface area contributed by atoms with Crippen LogP contribution in [0.5, 0.6) is 0 Å². The minimum Gasteiger partial charge on any atom is -0.481 e. The second-order valence-electron chi connectivity index (χ2n) is 3.69. The van der Waals surface area contributed by atoms with Gasteiger partial charge in [0.15, 0.2) is 0 Å². The summed E-state index contributed by atoms with van der Waals surface area (Å²) in [6.07, 6.45) is 1.46. The number of carboxylic acids is 1. The van der Waals surface area contributed by atoms with Gasteiger partial charge in [0.1, 0.15) is 0 Å². The van der Waals surface area contributed by atoms with Crippen LogP contribution in [0.25, 0.3) is 0 Å². The van der Waals surface area contributed by atoms with Crippen molar-refractivity contribution in [2.75, 3.05) is 0 Å². The monoisotopic (exact) mass is 229 g/mol. The van der Waals surface area contributed by atoms with Crippen LogP contribution in [0.2, 0.25) is 0 Å². The predicted octanol–water partition coefficient (Wildman–Crippen LogP) is 1.87. The first-order valence-corrected chi connectivity index (χ1v) is 5.15. The first-order valence-electron chi connectivity index (χ1n) is 5.15. The molecule has 0 spiro atoms. The van der Waals surface area contributed by atoms with E-state index in [2.05, 4.69) is 4.98 Å². The summed E-state index contributed by atoms with van der Waals surface area (Å²) in [5, 5.41) is 8.63. The molecule has 0 fully saturated rings. The highest BCUT2D eigenvalue weighted by molar-refractivity contribution is 6.07. The zero-order valence-electron chi connectivity index (χ0n) is 9.01. The van der Waals surface area contributed by atoms with E-state index in [9.17, 15) is 9.59 Å². The number of carbonyl (C=O) groups is 2. The van der Waals surface area contributed by atoms with Crippen molar-refractivity contribution in [3.63, 3.8) is 0 Å². The molecule has 1 aromatic heterocycles. The van der Waals surface area contributed by atoms with E-state index in [4.69, 9.17) is 5.11 Å². The summed E-state index contributed by atoms with van der Waals surface area (Å²) in [5.74, 6) is -1.05. The Morgan fingerprint density at radius 3 is 2.53 bits per heavy atom. The number of ketones is 1. The average Bonchev–Trinajstić information content (AvgIpc) is 2.77. The molecule has 2 rings (SSSR count). The standard InChI is InChI=1S/C13H11NO3/c15-12(16)7-9-6-11(14-8-9)13(17)10-4-2-1-3-5-10/h1-6,8,14H,7H2,(H,15,16). The van der Waals surface area contributed by atoms with Gasteiger partial charge in [-0.1, -0.05) is 30.3 Å². The van der Waals surface area contributed by atoms with Crippen LogP contribution in [0, 0.1) is 0 Å². The fourth-order valence-electron chi connectivity index (χ4n) is 1.59. The predicted molar refractivity (Wildman–Crippen MR) is 62.0 cm³/mol. The second-order valence-corrected chi connectivity index (χ2v) is 3.69. The third-order valence-corrected chi connectivity index (χ3v) is 2.38. The lowest BCUT2D eigenvalue weighted by molar-refractivity contribution is -0.136. The van der Waals surface area contributed by atoms with E-state index in [0.29, 0.717) is 16.8 Å². The Hall–Kier alpha value is -2.36. The van der Waals surface area contributed by atoms with Gasteiger partial charge in [-0.05, 0) is 11.6 Å². The summed E-state index contributed by atoms with van der Waals surface area (Å²) in [6.45, 7) is 0. The third-order valence-electron chi connectivity index (χ3n) is 2.38. The van der Waals surface area contributed by atoms with Crippen molar-refractivity contribution >= 4 is 11.8 Å². The summed E-state index contributed by atoms with van der Waals surface area (Å²) in [4.78, 5) is 25.3. The van der Waals surface area contributed by atoms with Crippen LogP contribution in [0.4, 0.5) is 0 Å². The molecule has 2 N–H and O–H groups in total. The minimum atomic E-state index is -0.914. The van der Waals surface area contributed by atoms with E-state index in [1.54, 1.807) is 36.5 Å². The van der Waals surface area contributed by atoms with Gasteiger partial charge in [-0.3, -0.25) is 9.59 Å². The fraction of sp³-hybridized carbons (Fsp3) is 0.0769. The maximum Gasteiger partial charge on any atom is 0.307 e. The molecule has 0 unspecified atom stereocenters. The number of carboxylic acid groups (broad SMARTS) is 1. The number of nitrogens with one attached hydrogen (secondary N) is 1. The Morgan fingerprint density at radius 2 is 1.88 bits per heavy atom. The van der Waals surface area contributed by atoms with Crippen molar-refractivity contribution < 1.29 is 14.7 Å². The van der Waals surface area contributed by atoms with Gasteiger partial charge in [0.05, 0.1) is 12.1 Å². The number of benzene rings is 1. The SMILES string of the molecule is O=C(O)Cc1c[nH]c(C(=O)c2ccccc2)c1. The van der Waals surface area contributed by atoms with Crippen LogP contribution in [0.3, 0.4) is 0 Å². The molecule has 0 radical (unpaired) electrons. The van der Waals surface area contributed by atoms with Crippen molar-refractivity contribution in [2.24, 2.45) is 0 Å². The molecular formula is C13H11NO3. The van der Waals surface area contributed by atoms with E-state index < -0.39 is 5.97 Å². The van der Waals surface area contributed by atoms with Crippen LogP contribution in [-0.2, 0) is 11.2 Å². The minimum absolute atomic E-state index is 0.0848. The molecular weight excluding hydrogens is 218 g/mol. The molecule has 0 amide bonds. The number of carbonyl (C=O) groups excluding carboxylic acids is 1. The van der Waals surface area contributed by atoms with E-state index in [1.807, 2.05) is 6.07 Å². The molecule has 0 saturated carbocycles. The number of hydrogen-bond acceptors (Lipinski definition) is 2. The quantitative estimate of drug-likeness (QED) is 0.786. The Labute approximate surface area is 97.9 Å². The van der Waals surface area contributed by atoms with Gasteiger partial charge < -0.3 is 10.1 Å². The van der Waals surface area contributed by atoms with E-state index in [0.717, 1.165) is 0 Å². The van der Waals surface area contributed by atoms with Gasteiger partial charge in [-0.15, -0.1) is 0 Å². The van der Waals surface area contributed by atoms with Crippen LogP contribution >= 0.6 is 0 Å². The lowest BCUT2D eigenvalue weighted by Gasteiger charge is -1.96. The van der Waals surface area contributed by atoms with Gasteiger partial charge in [-0.25, -0.2) is 0 Å². The highest BCUT2D eigenvalue weighted by atomic mass is 16.4. The molecule has 0 aliphatic carbocycles. The molecule has 17 heavy (non-hydrogen) atoms. The van der Waals surface area contributed by atoms with Crippen LogP contribution < -0.4 is 0 Å². The normalized spacial score (nSPS) is 10.1. The van der Waals surface area contributed by atoms with Crippen molar-refractivity contribution in [2.45, 2.75) is 6.42 Å². The number of aromatic nitrogens is 1. The zero-order chi connectivity index (χ0) is 12.3. The highest BCUT2D eigenvalue weighted by Crippen LogP contribution is 2.10. The Morgan fingerprint density at radius 1 is 1.18 bits per heavy atom. The topological polar surface area (TPSA) is 70.2 Å². The molecule has 1 aromatic carbocycles. The maximum absolute atomic E-state index is 12.0. The molecule has 86 valence electrons. The van der Waals surface area contributed by atoms with Gasteiger partial charge in [0.2, 0.25) is 5.78 Å². The van der Waals surface area contributed by atoms with Gasteiger partial charge in [-0.2, -0.15) is 0 Å². The van der Waals surface area contributed by atoms with Crippen molar-refractivity contribution in [1.82, 2.24) is 4.98 Å². The molecule has 1 heterocycles. The van der Waals surface area contributed by atoms with Crippen molar-refractivity contribution in [3.8, 4) is 0 Å². The summed E-state index contributed by atoms with van der Waals surface area (Å²) in [7, 11) is 0. The van der Waals surface area contributed by atoms with Gasteiger partial charge in [0, 0.05) is 11.8 Å². The average molecular weight is 229 g/mol. The maximum atomic E-state index is 12.0. The lowest BCUT2D eigenvalue weighted by Crippen LogP contribution is -2.01. The Bertz CT molecular complexity index is 543. The van der Waals surface area contributed by atoms with E-state index in [1.165, 1.54) is 0 Å². The summed E-state index contributed by atoms with van der Waals surface area (Å²) in [6, 6.07) is 10.4. The van der Waals surface area contributed by atoms with Gasteiger partial charge in [0.25, 0.3) is 0 Å². The lowest BCUT2D eigenvalue weighted by atomic mass is 10.1. The van der Waals surface area contributed by atoms with Crippen LogP contribution in [-0.4, -0.2) is 21.8 Å². The van der Waals surface area contributed by atoms with Gasteiger partial charge >= 0.3 is 5.97 Å². The van der Waals surface area contributed by atoms with Crippen molar-refractivity contribution in [1.29, 1.82) is 0 Å². The Balaban J connectivity index is 2.21. The number of rotatable bonds is 4.